The summed E-state index contributed by atoms with van der Waals surface area (Å²) in [5, 5.41) is 0. The third kappa shape index (κ3) is 3.61. The van der Waals surface area contributed by atoms with E-state index in [0.29, 0.717) is 24.9 Å². The van der Waals surface area contributed by atoms with Crippen molar-refractivity contribution in [2.45, 2.75) is 52.8 Å². The van der Waals surface area contributed by atoms with Gasteiger partial charge in [-0.05, 0) is 45.7 Å². The number of carbonyl (C=O) groups excluding carboxylic acids is 1. The van der Waals surface area contributed by atoms with Crippen molar-refractivity contribution in [3.63, 3.8) is 0 Å². The van der Waals surface area contributed by atoms with Gasteiger partial charge in [0, 0.05) is 12.2 Å². The Labute approximate surface area is 149 Å². The van der Waals surface area contributed by atoms with Crippen molar-refractivity contribution in [2.75, 3.05) is 13.2 Å². The van der Waals surface area contributed by atoms with Crippen molar-refractivity contribution in [1.82, 2.24) is 14.5 Å². The van der Waals surface area contributed by atoms with Crippen molar-refractivity contribution in [3.05, 3.63) is 53.1 Å². The number of hydrogen-bond acceptors (Lipinski definition) is 3. The SMILES string of the molecule is Cc1ccc(C)c([C@@H]2CN(C(=O)c3cn(C(C)C)cn3)[C@@H](C)CO2)c1. The van der Waals surface area contributed by atoms with Crippen LogP contribution in [0.5, 0.6) is 0 Å². The van der Waals surface area contributed by atoms with Crippen LogP contribution in [-0.4, -0.2) is 39.6 Å². The molecule has 1 amide bonds. The summed E-state index contributed by atoms with van der Waals surface area (Å²) < 4.78 is 8.01. The van der Waals surface area contributed by atoms with Crippen molar-refractivity contribution in [2.24, 2.45) is 0 Å². The Bertz CT molecular complexity index is 766. The van der Waals surface area contributed by atoms with Crippen LogP contribution in [0.2, 0.25) is 0 Å². The maximum Gasteiger partial charge on any atom is 0.274 e. The fourth-order valence-corrected chi connectivity index (χ4v) is 3.21. The van der Waals surface area contributed by atoms with Crippen LogP contribution in [0.1, 0.15) is 60.1 Å². The van der Waals surface area contributed by atoms with Gasteiger partial charge in [0.1, 0.15) is 11.8 Å². The number of ether oxygens (including phenoxy) is 1. The molecule has 1 aromatic carbocycles. The third-order valence-corrected chi connectivity index (χ3v) is 4.89. The number of morpholine rings is 1. The molecule has 2 aromatic rings. The quantitative estimate of drug-likeness (QED) is 0.855. The van der Waals surface area contributed by atoms with Gasteiger partial charge >= 0.3 is 0 Å². The molecule has 1 aliphatic rings. The average molecular weight is 341 g/mol. The second-order valence-electron chi connectivity index (χ2n) is 7.29. The Morgan fingerprint density at radius 1 is 1.32 bits per heavy atom. The Hall–Kier alpha value is -2.14. The summed E-state index contributed by atoms with van der Waals surface area (Å²) in [5.74, 6) is -0.0227. The molecule has 0 spiro atoms. The second kappa shape index (κ2) is 7.00. The van der Waals surface area contributed by atoms with Gasteiger partial charge in [-0.3, -0.25) is 4.79 Å². The first-order valence-corrected chi connectivity index (χ1v) is 8.90. The number of aromatic nitrogens is 2. The molecule has 0 N–H and O–H groups in total. The van der Waals surface area contributed by atoms with Crippen LogP contribution in [0.15, 0.2) is 30.7 Å². The maximum atomic E-state index is 13.0. The summed E-state index contributed by atoms with van der Waals surface area (Å²) in [6, 6.07) is 6.71. The van der Waals surface area contributed by atoms with Gasteiger partial charge in [0.25, 0.3) is 5.91 Å². The number of nitrogens with zero attached hydrogens (tertiary/aromatic N) is 3. The first-order chi connectivity index (χ1) is 11.9. The van der Waals surface area contributed by atoms with E-state index >= 15 is 0 Å². The summed E-state index contributed by atoms with van der Waals surface area (Å²) >= 11 is 0. The van der Waals surface area contributed by atoms with Gasteiger partial charge in [0.15, 0.2) is 0 Å². The highest BCUT2D eigenvalue weighted by Crippen LogP contribution is 2.28. The molecule has 2 atom stereocenters. The second-order valence-corrected chi connectivity index (χ2v) is 7.29. The predicted octanol–water partition coefficient (Wildman–Crippen LogP) is 3.68. The van der Waals surface area contributed by atoms with Gasteiger partial charge in [0.2, 0.25) is 0 Å². The number of hydrogen-bond donors (Lipinski definition) is 0. The van der Waals surface area contributed by atoms with E-state index in [-0.39, 0.29) is 18.1 Å². The van der Waals surface area contributed by atoms with E-state index < -0.39 is 0 Å². The molecule has 1 aromatic heterocycles. The zero-order valence-corrected chi connectivity index (χ0v) is 15.7. The molecule has 0 aliphatic carbocycles. The lowest BCUT2D eigenvalue weighted by molar-refractivity contribution is -0.0490. The molecule has 5 heteroatoms. The Morgan fingerprint density at radius 3 is 2.76 bits per heavy atom. The largest absolute Gasteiger partial charge is 0.370 e. The molecule has 5 nitrogen and oxygen atoms in total. The Balaban J connectivity index is 1.82. The van der Waals surface area contributed by atoms with Crippen LogP contribution in [0.4, 0.5) is 0 Å². The van der Waals surface area contributed by atoms with Crippen LogP contribution < -0.4 is 0 Å². The summed E-state index contributed by atoms with van der Waals surface area (Å²) in [7, 11) is 0. The standard InChI is InChI=1S/C20H27N3O2/c1-13(2)22-9-18(21-12-22)20(24)23-10-19(25-11-16(23)5)17-8-14(3)6-7-15(17)4/h6-9,12-13,16,19H,10-11H2,1-5H3/t16-,19-/m0/s1. The van der Waals surface area contributed by atoms with E-state index in [9.17, 15) is 4.79 Å². The van der Waals surface area contributed by atoms with E-state index in [1.165, 1.54) is 11.1 Å². The number of benzene rings is 1. The molecule has 2 heterocycles. The number of rotatable bonds is 3. The predicted molar refractivity (Wildman–Crippen MR) is 97.7 cm³/mol. The molecule has 0 bridgehead atoms. The molecule has 0 radical (unpaired) electrons. The van der Waals surface area contributed by atoms with Gasteiger partial charge in [-0.15, -0.1) is 0 Å². The van der Waals surface area contributed by atoms with Crippen LogP contribution in [-0.2, 0) is 4.74 Å². The minimum atomic E-state index is -0.0905. The minimum Gasteiger partial charge on any atom is -0.370 e. The molecule has 1 saturated heterocycles. The summed E-state index contributed by atoms with van der Waals surface area (Å²) in [6.45, 7) is 11.4. The number of carbonyl (C=O) groups is 1. The first-order valence-electron chi connectivity index (χ1n) is 8.90. The lowest BCUT2D eigenvalue weighted by Gasteiger charge is -2.38. The molecule has 0 unspecified atom stereocenters. The van der Waals surface area contributed by atoms with Gasteiger partial charge in [0.05, 0.1) is 25.5 Å². The van der Waals surface area contributed by atoms with Crippen molar-refractivity contribution in [1.29, 1.82) is 0 Å². The van der Waals surface area contributed by atoms with Crippen LogP contribution in [0.3, 0.4) is 0 Å². The van der Waals surface area contributed by atoms with Crippen molar-refractivity contribution >= 4 is 5.91 Å². The van der Waals surface area contributed by atoms with E-state index in [2.05, 4.69) is 50.9 Å². The van der Waals surface area contributed by atoms with Crippen molar-refractivity contribution in [3.8, 4) is 0 Å². The number of aryl methyl sites for hydroxylation is 2. The summed E-state index contributed by atoms with van der Waals surface area (Å²) in [4.78, 5) is 19.2. The van der Waals surface area contributed by atoms with Crippen LogP contribution in [0.25, 0.3) is 0 Å². The fraction of sp³-hybridized carbons (Fsp3) is 0.500. The maximum absolute atomic E-state index is 13.0. The number of amides is 1. The normalized spacial score (nSPS) is 21.0. The van der Waals surface area contributed by atoms with E-state index in [1.54, 1.807) is 6.33 Å². The monoisotopic (exact) mass is 341 g/mol. The lowest BCUT2D eigenvalue weighted by Crippen LogP contribution is -2.48. The number of imidazole rings is 1. The minimum absolute atomic E-state index is 0.0227. The Kier molecular flexibility index (Phi) is 4.95. The van der Waals surface area contributed by atoms with E-state index in [1.807, 2.05) is 22.6 Å². The third-order valence-electron chi connectivity index (χ3n) is 4.89. The summed E-state index contributed by atoms with van der Waals surface area (Å²) in [5.41, 5.74) is 4.07. The van der Waals surface area contributed by atoms with Crippen LogP contribution >= 0.6 is 0 Å². The molecule has 3 rings (SSSR count). The average Bonchev–Trinajstić information content (AvgIpc) is 3.07. The molecule has 134 valence electrons. The Morgan fingerprint density at radius 2 is 2.08 bits per heavy atom. The molecular formula is C20H27N3O2. The zero-order valence-electron chi connectivity index (χ0n) is 15.7. The highest BCUT2D eigenvalue weighted by molar-refractivity contribution is 5.92. The van der Waals surface area contributed by atoms with E-state index in [4.69, 9.17) is 4.74 Å². The molecular weight excluding hydrogens is 314 g/mol. The van der Waals surface area contributed by atoms with Gasteiger partial charge in [-0.25, -0.2) is 4.98 Å². The molecule has 25 heavy (non-hydrogen) atoms. The van der Waals surface area contributed by atoms with Crippen LogP contribution in [0, 0.1) is 13.8 Å². The van der Waals surface area contributed by atoms with Gasteiger partial charge < -0.3 is 14.2 Å². The smallest absolute Gasteiger partial charge is 0.274 e. The van der Waals surface area contributed by atoms with Crippen molar-refractivity contribution < 1.29 is 9.53 Å². The molecule has 1 fully saturated rings. The topological polar surface area (TPSA) is 47.4 Å². The zero-order chi connectivity index (χ0) is 18.1. The van der Waals surface area contributed by atoms with Gasteiger partial charge in [-0.1, -0.05) is 23.8 Å². The van der Waals surface area contributed by atoms with Gasteiger partial charge in [-0.2, -0.15) is 0 Å². The van der Waals surface area contributed by atoms with E-state index in [0.717, 1.165) is 5.56 Å². The fourth-order valence-electron chi connectivity index (χ4n) is 3.21. The molecule has 1 aliphatic heterocycles. The highest BCUT2D eigenvalue weighted by atomic mass is 16.5. The lowest BCUT2D eigenvalue weighted by atomic mass is 9.98. The highest BCUT2D eigenvalue weighted by Gasteiger charge is 2.32. The first kappa shape index (κ1) is 17.7. The summed E-state index contributed by atoms with van der Waals surface area (Å²) in [6.07, 6.45) is 3.47. The molecule has 0 saturated carbocycles.